The van der Waals surface area contributed by atoms with Gasteiger partial charge < -0.3 is 15.8 Å². The number of benzene rings is 1. The number of hydrogen-bond acceptors (Lipinski definition) is 7. The molecule has 3 N–H and O–H groups in total. The Kier molecular flexibility index (Phi) is 6.39. The lowest BCUT2D eigenvalue weighted by atomic mass is 9.84. The van der Waals surface area contributed by atoms with E-state index < -0.39 is 11.7 Å². The molecule has 0 saturated carbocycles. The number of aromatic nitrogens is 5. The van der Waals surface area contributed by atoms with E-state index in [0.717, 1.165) is 18.4 Å². The van der Waals surface area contributed by atoms with Crippen LogP contribution in [0.4, 0.5) is 15.8 Å². The van der Waals surface area contributed by atoms with Gasteiger partial charge in [0.15, 0.2) is 5.82 Å². The summed E-state index contributed by atoms with van der Waals surface area (Å²) in [4.78, 5) is 22.6. The van der Waals surface area contributed by atoms with Crippen LogP contribution in [0, 0.1) is 5.82 Å². The van der Waals surface area contributed by atoms with E-state index in [9.17, 15) is 4.79 Å². The van der Waals surface area contributed by atoms with Gasteiger partial charge in [0.2, 0.25) is 0 Å². The second-order valence-electron chi connectivity index (χ2n) is 8.07. The van der Waals surface area contributed by atoms with Crippen LogP contribution in [0.5, 0.6) is 0 Å². The SMILES string of the molecule is Nc1cnccc1-c1cc(F)c(C(=O)Nc2cnc(-n3nccn3)c(Cl)c2)cc1C1CCOCC1. The Morgan fingerprint density at radius 2 is 1.89 bits per heavy atom. The predicted molar refractivity (Wildman–Crippen MR) is 129 cm³/mol. The molecule has 0 unspecified atom stereocenters. The highest BCUT2D eigenvalue weighted by Gasteiger charge is 2.25. The van der Waals surface area contributed by atoms with Gasteiger partial charge in [0.1, 0.15) is 5.82 Å². The van der Waals surface area contributed by atoms with Crippen LogP contribution in [0.1, 0.15) is 34.7 Å². The summed E-state index contributed by atoms with van der Waals surface area (Å²) >= 11 is 6.29. The number of carbonyl (C=O) groups excluding carboxylic acids is 1. The van der Waals surface area contributed by atoms with E-state index in [0.29, 0.717) is 41.5 Å². The third kappa shape index (κ3) is 4.71. The minimum atomic E-state index is -0.666. The van der Waals surface area contributed by atoms with Crippen LogP contribution in [0.3, 0.4) is 0 Å². The number of nitrogen functional groups attached to an aromatic ring is 1. The van der Waals surface area contributed by atoms with Crippen molar-refractivity contribution in [3.8, 4) is 16.9 Å². The average molecular weight is 494 g/mol. The Labute approximate surface area is 205 Å². The maximum absolute atomic E-state index is 15.3. The number of pyridine rings is 2. The van der Waals surface area contributed by atoms with Crippen LogP contribution in [0.25, 0.3) is 16.9 Å². The van der Waals surface area contributed by atoms with Crippen LogP contribution in [0.2, 0.25) is 5.02 Å². The molecule has 5 rings (SSSR count). The van der Waals surface area contributed by atoms with E-state index in [1.54, 1.807) is 18.3 Å². The molecule has 4 heterocycles. The van der Waals surface area contributed by atoms with E-state index >= 15 is 4.39 Å². The number of carbonyl (C=O) groups is 1. The first-order valence-electron chi connectivity index (χ1n) is 11.0. The molecule has 1 aromatic carbocycles. The van der Waals surface area contributed by atoms with Gasteiger partial charge >= 0.3 is 0 Å². The summed E-state index contributed by atoms with van der Waals surface area (Å²) in [7, 11) is 0. The molecule has 11 heteroatoms. The van der Waals surface area contributed by atoms with Crippen molar-refractivity contribution in [2.24, 2.45) is 0 Å². The monoisotopic (exact) mass is 493 g/mol. The van der Waals surface area contributed by atoms with Crippen molar-refractivity contribution in [1.29, 1.82) is 0 Å². The second kappa shape index (κ2) is 9.77. The molecule has 1 fully saturated rings. The topological polar surface area (TPSA) is 121 Å². The summed E-state index contributed by atoms with van der Waals surface area (Å²) in [5.41, 5.74) is 8.96. The van der Waals surface area contributed by atoms with Crippen molar-refractivity contribution in [1.82, 2.24) is 25.0 Å². The van der Waals surface area contributed by atoms with Gasteiger partial charge in [-0.05, 0) is 54.2 Å². The second-order valence-corrected chi connectivity index (χ2v) is 8.48. The fraction of sp³-hybridized carbons (Fsp3) is 0.208. The Morgan fingerprint density at radius 3 is 2.60 bits per heavy atom. The van der Waals surface area contributed by atoms with Gasteiger partial charge in [-0.15, -0.1) is 4.80 Å². The molecule has 35 heavy (non-hydrogen) atoms. The first kappa shape index (κ1) is 22.9. The molecule has 0 aliphatic carbocycles. The number of hydrogen-bond donors (Lipinski definition) is 2. The molecule has 1 aliphatic rings. The molecule has 1 aliphatic heterocycles. The molecule has 1 saturated heterocycles. The average Bonchev–Trinajstić information content (AvgIpc) is 3.39. The highest BCUT2D eigenvalue weighted by molar-refractivity contribution is 6.32. The summed E-state index contributed by atoms with van der Waals surface area (Å²) in [6, 6.07) is 6.22. The quantitative estimate of drug-likeness (QED) is 0.426. The van der Waals surface area contributed by atoms with Gasteiger partial charge in [-0.1, -0.05) is 11.6 Å². The number of nitrogens with two attached hydrogens (primary N) is 1. The number of amides is 1. The van der Waals surface area contributed by atoms with Crippen molar-refractivity contribution in [3.05, 3.63) is 77.2 Å². The van der Waals surface area contributed by atoms with Crippen molar-refractivity contribution < 1.29 is 13.9 Å². The normalized spacial score (nSPS) is 14.1. The van der Waals surface area contributed by atoms with Crippen LogP contribution in [-0.4, -0.2) is 44.1 Å². The molecule has 3 aromatic heterocycles. The lowest BCUT2D eigenvalue weighted by molar-refractivity contribution is 0.0854. The van der Waals surface area contributed by atoms with Crippen molar-refractivity contribution >= 4 is 28.9 Å². The Morgan fingerprint density at radius 1 is 1.11 bits per heavy atom. The molecular weight excluding hydrogens is 473 g/mol. The number of ether oxygens (including phenoxy) is 1. The molecule has 0 atom stereocenters. The van der Waals surface area contributed by atoms with E-state index in [-0.39, 0.29) is 16.5 Å². The molecule has 4 aromatic rings. The van der Waals surface area contributed by atoms with E-state index in [1.165, 1.54) is 41.7 Å². The lowest BCUT2D eigenvalue weighted by Gasteiger charge is -2.26. The third-order valence-electron chi connectivity index (χ3n) is 5.87. The Hall–Kier alpha value is -3.89. The zero-order valence-electron chi connectivity index (χ0n) is 18.5. The fourth-order valence-electron chi connectivity index (χ4n) is 4.17. The predicted octanol–water partition coefficient (Wildman–Crippen LogP) is 4.25. The highest BCUT2D eigenvalue weighted by Crippen LogP contribution is 2.38. The standard InChI is InChI=1S/C24H21ClFN7O2/c25-20-9-15(12-29-23(20)33-30-5-6-31-33)32-24(34)19-10-17(14-2-7-35-8-3-14)18(11-21(19)26)16-1-4-28-13-22(16)27/h1,4-6,9-14H,2-3,7-8,27H2,(H,32,34). The summed E-state index contributed by atoms with van der Waals surface area (Å²) in [5, 5.41) is 10.9. The maximum Gasteiger partial charge on any atom is 0.258 e. The molecule has 9 nitrogen and oxygen atoms in total. The number of rotatable bonds is 5. The third-order valence-corrected chi connectivity index (χ3v) is 6.15. The van der Waals surface area contributed by atoms with Crippen LogP contribution in [0.15, 0.2) is 55.2 Å². The first-order valence-corrected chi connectivity index (χ1v) is 11.3. The summed E-state index contributed by atoms with van der Waals surface area (Å²) in [6.07, 6.45) is 9.05. The highest BCUT2D eigenvalue weighted by atomic mass is 35.5. The summed E-state index contributed by atoms with van der Waals surface area (Å²) < 4.78 is 20.8. The summed E-state index contributed by atoms with van der Waals surface area (Å²) in [6.45, 7) is 1.19. The lowest BCUT2D eigenvalue weighted by Crippen LogP contribution is -2.18. The number of halogens is 2. The fourth-order valence-corrected chi connectivity index (χ4v) is 4.41. The zero-order chi connectivity index (χ0) is 24.4. The van der Waals surface area contributed by atoms with Gasteiger partial charge in [0.25, 0.3) is 5.91 Å². The van der Waals surface area contributed by atoms with E-state index in [4.69, 9.17) is 22.1 Å². The Balaban J connectivity index is 1.49. The van der Waals surface area contributed by atoms with Crippen LogP contribution < -0.4 is 11.1 Å². The van der Waals surface area contributed by atoms with Crippen LogP contribution >= 0.6 is 11.6 Å². The minimum Gasteiger partial charge on any atom is -0.397 e. The van der Waals surface area contributed by atoms with E-state index in [1.807, 2.05) is 0 Å². The molecule has 1 amide bonds. The Bertz CT molecular complexity index is 1370. The molecule has 0 spiro atoms. The molecule has 178 valence electrons. The largest absolute Gasteiger partial charge is 0.397 e. The molecule has 0 bridgehead atoms. The van der Waals surface area contributed by atoms with Gasteiger partial charge in [0.05, 0.1) is 46.7 Å². The minimum absolute atomic E-state index is 0.0863. The van der Waals surface area contributed by atoms with Crippen molar-refractivity contribution in [2.45, 2.75) is 18.8 Å². The van der Waals surface area contributed by atoms with E-state index in [2.05, 4.69) is 25.5 Å². The van der Waals surface area contributed by atoms with Gasteiger partial charge in [-0.3, -0.25) is 9.78 Å². The van der Waals surface area contributed by atoms with Gasteiger partial charge in [-0.2, -0.15) is 10.2 Å². The van der Waals surface area contributed by atoms with Crippen molar-refractivity contribution in [3.63, 3.8) is 0 Å². The van der Waals surface area contributed by atoms with Gasteiger partial charge in [-0.25, -0.2) is 9.37 Å². The first-order chi connectivity index (χ1) is 17.0. The number of anilines is 2. The zero-order valence-corrected chi connectivity index (χ0v) is 19.2. The van der Waals surface area contributed by atoms with Crippen molar-refractivity contribution in [2.75, 3.05) is 24.3 Å². The number of nitrogens with zero attached hydrogens (tertiary/aromatic N) is 5. The van der Waals surface area contributed by atoms with Gasteiger partial charge in [0, 0.05) is 25.0 Å². The molecular formula is C24H21ClFN7O2. The smallest absolute Gasteiger partial charge is 0.258 e. The summed E-state index contributed by atoms with van der Waals surface area (Å²) in [5.74, 6) is -0.883. The maximum atomic E-state index is 15.3. The number of nitrogens with one attached hydrogen (secondary N) is 1. The van der Waals surface area contributed by atoms with Crippen LogP contribution in [-0.2, 0) is 4.74 Å². The molecule has 0 radical (unpaired) electrons.